The number of hydrogen-bond donors (Lipinski definition) is 1. The number of aromatic nitrogens is 5. The normalized spacial score (nSPS) is 11.3. The molecule has 1 amide bonds. The first-order valence-electron chi connectivity index (χ1n) is 9.64. The molecule has 0 saturated heterocycles. The number of primary amides is 1. The number of pyridine rings is 1. The van der Waals surface area contributed by atoms with Crippen LogP contribution >= 0.6 is 0 Å². The Morgan fingerprint density at radius 2 is 1.94 bits per heavy atom. The van der Waals surface area contributed by atoms with Crippen LogP contribution in [0.2, 0.25) is 0 Å². The van der Waals surface area contributed by atoms with Crippen LogP contribution in [0.15, 0.2) is 61.1 Å². The molecule has 0 bridgehead atoms. The third kappa shape index (κ3) is 3.28. The van der Waals surface area contributed by atoms with Crippen LogP contribution in [0.4, 0.5) is 4.39 Å². The minimum Gasteiger partial charge on any atom is -0.366 e. The minimum atomic E-state index is -0.809. The van der Waals surface area contributed by atoms with Crippen molar-refractivity contribution in [1.82, 2.24) is 24.6 Å². The highest BCUT2D eigenvalue weighted by Gasteiger charge is 2.17. The Hall–Kier alpha value is -4.20. The maximum Gasteiger partial charge on any atom is 0.251 e. The zero-order valence-corrected chi connectivity index (χ0v) is 16.6. The average molecular weight is 412 g/mol. The predicted molar refractivity (Wildman–Crippen MR) is 114 cm³/mol. The first-order chi connectivity index (χ1) is 15.0. The van der Waals surface area contributed by atoms with Gasteiger partial charge in [0.2, 0.25) is 0 Å². The molecule has 7 nitrogen and oxygen atoms in total. The van der Waals surface area contributed by atoms with Crippen molar-refractivity contribution in [2.75, 3.05) is 0 Å². The molecule has 0 fully saturated rings. The van der Waals surface area contributed by atoms with E-state index >= 15 is 0 Å². The topological polar surface area (TPSA) is 99.1 Å². The monoisotopic (exact) mass is 412 g/mol. The standard InChI is InChI=1S/C23H17FN6O/c1-13-17(5-6-18(21(13)24)22(25)31)20-12-28-23-27-11-16(30(23)29-20)10-14-4-7-19-15(9-14)3-2-8-26-19/h2-9,11-12H,10H2,1H3,(H2,25,31). The summed E-state index contributed by atoms with van der Waals surface area (Å²) in [6, 6.07) is 13.0. The van der Waals surface area contributed by atoms with Crippen LogP contribution in [0.1, 0.15) is 27.2 Å². The summed E-state index contributed by atoms with van der Waals surface area (Å²) in [5.74, 6) is -1.01. The van der Waals surface area contributed by atoms with Crippen LogP contribution in [0.5, 0.6) is 0 Å². The summed E-state index contributed by atoms with van der Waals surface area (Å²) < 4.78 is 16.2. The van der Waals surface area contributed by atoms with Gasteiger partial charge in [-0.25, -0.2) is 18.9 Å². The summed E-state index contributed by atoms with van der Waals surface area (Å²) in [5, 5.41) is 5.69. The number of carbonyl (C=O) groups is 1. The number of amides is 1. The van der Waals surface area contributed by atoms with Crippen molar-refractivity contribution < 1.29 is 9.18 Å². The van der Waals surface area contributed by atoms with Gasteiger partial charge in [0.05, 0.1) is 29.2 Å². The van der Waals surface area contributed by atoms with Crippen LogP contribution in [0.3, 0.4) is 0 Å². The van der Waals surface area contributed by atoms with Crippen molar-refractivity contribution in [3.05, 3.63) is 89.3 Å². The second-order valence-corrected chi connectivity index (χ2v) is 7.28. The van der Waals surface area contributed by atoms with E-state index in [9.17, 15) is 9.18 Å². The van der Waals surface area contributed by atoms with E-state index in [-0.39, 0.29) is 11.1 Å². The summed E-state index contributed by atoms with van der Waals surface area (Å²) in [5.41, 5.74) is 9.25. The van der Waals surface area contributed by atoms with E-state index in [1.807, 2.05) is 24.3 Å². The molecule has 0 aliphatic carbocycles. The van der Waals surface area contributed by atoms with E-state index < -0.39 is 11.7 Å². The van der Waals surface area contributed by atoms with Gasteiger partial charge < -0.3 is 5.73 Å². The summed E-state index contributed by atoms with van der Waals surface area (Å²) in [4.78, 5) is 24.4. The summed E-state index contributed by atoms with van der Waals surface area (Å²) in [6.07, 6.45) is 5.64. The van der Waals surface area contributed by atoms with Gasteiger partial charge in [0.25, 0.3) is 11.7 Å². The number of nitrogens with two attached hydrogens (primary N) is 1. The van der Waals surface area contributed by atoms with Gasteiger partial charge in [-0.15, -0.1) is 0 Å². The van der Waals surface area contributed by atoms with Crippen LogP contribution < -0.4 is 5.73 Å². The molecule has 2 aromatic carbocycles. The third-order valence-corrected chi connectivity index (χ3v) is 5.28. The SMILES string of the molecule is Cc1c(-c2cnc3ncc(Cc4ccc5ncccc5c4)n3n2)ccc(C(N)=O)c1F. The number of halogens is 1. The molecule has 3 heterocycles. The second kappa shape index (κ2) is 7.24. The third-order valence-electron chi connectivity index (χ3n) is 5.28. The Kier molecular flexibility index (Phi) is 4.39. The highest BCUT2D eigenvalue weighted by molar-refractivity contribution is 5.94. The Labute approximate surface area is 176 Å². The zero-order valence-electron chi connectivity index (χ0n) is 16.6. The quantitative estimate of drug-likeness (QED) is 0.487. The zero-order chi connectivity index (χ0) is 21.5. The second-order valence-electron chi connectivity index (χ2n) is 7.28. The molecule has 8 heteroatoms. The predicted octanol–water partition coefficient (Wildman–Crippen LogP) is 3.48. The van der Waals surface area contributed by atoms with E-state index in [0.717, 1.165) is 22.2 Å². The number of imidazole rings is 1. The fourth-order valence-electron chi connectivity index (χ4n) is 3.66. The lowest BCUT2D eigenvalue weighted by atomic mass is 10.0. The number of fused-ring (bicyclic) bond motifs is 2. The summed E-state index contributed by atoms with van der Waals surface area (Å²) >= 11 is 0. The maximum atomic E-state index is 14.6. The van der Waals surface area contributed by atoms with E-state index in [0.29, 0.717) is 23.5 Å². The number of nitrogens with zero attached hydrogens (tertiary/aromatic N) is 5. The van der Waals surface area contributed by atoms with Gasteiger partial charge in [0, 0.05) is 23.6 Å². The minimum absolute atomic E-state index is 0.149. The van der Waals surface area contributed by atoms with Crippen LogP contribution in [-0.4, -0.2) is 30.5 Å². The number of hydrogen-bond acceptors (Lipinski definition) is 5. The molecule has 31 heavy (non-hydrogen) atoms. The Balaban J connectivity index is 1.55. The van der Waals surface area contributed by atoms with Crippen molar-refractivity contribution >= 4 is 22.6 Å². The van der Waals surface area contributed by atoms with Gasteiger partial charge in [0.15, 0.2) is 0 Å². The molecule has 0 spiro atoms. The first-order valence-corrected chi connectivity index (χ1v) is 9.64. The summed E-state index contributed by atoms with van der Waals surface area (Å²) in [7, 11) is 0. The molecule has 0 radical (unpaired) electrons. The Morgan fingerprint density at radius 3 is 2.77 bits per heavy atom. The van der Waals surface area contributed by atoms with Crippen molar-refractivity contribution in [1.29, 1.82) is 0 Å². The Bertz CT molecular complexity index is 1480. The average Bonchev–Trinajstić information content (AvgIpc) is 3.17. The molecular formula is C23H17FN6O. The van der Waals surface area contributed by atoms with Crippen LogP contribution in [0, 0.1) is 12.7 Å². The van der Waals surface area contributed by atoms with E-state index in [1.165, 1.54) is 6.07 Å². The van der Waals surface area contributed by atoms with Crippen molar-refractivity contribution in [2.45, 2.75) is 13.3 Å². The molecule has 152 valence electrons. The largest absolute Gasteiger partial charge is 0.366 e. The van der Waals surface area contributed by atoms with Crippen molar-refractivity contribution in [2.24, 2.45) is 5.73 Å². The fourth-order valence-corrected chi connectivity index (χ4v) is 3.66. The van der Waals surface area contributed by atoms with E-state index in [4.69, 9.17) is 5.73 Å². The smallest absolute Gasteiger partial charge is 0.251 e. The highest BCUT2D eigenvalue weighted by atomic mass is 19.1. The number of benzene rings is 2. The molecule has 0 aliphatic rings. The lowest BCUT2D eigenvalue weighted by Crippen LogP contribution is -2.14. The first kappa shape index (κ1) is 18.8. The lowest BCUT2D eigenvalue weighted by molar-refractivity contribution is 0.0996. The Morgan fingerprint density at radius 1 is 1.10 bits per heavy atom. The van der Waals surface area contributed by atoms with Gasteiger partial charge in [-0.2, -0.15) is 5.10 Å². The molecule has 2 N–H and O–H groups in total. The number of carbonyl (C=O) groups excluding carboxylic acids is 1. The lowest BCUT2D eigenvalue weighted by Gasteiger charge is -2.09. The highest BCUT2D eigenvalue weighted by Crippen LogP contribution is 2.26. The van der Waals surface area contributed by atoms with Gasteiger partial charge in [-0.1, -0.05) is 18.2 Å². The van der Waals surface area contributed by atoms with Crippen molar-refractivity contribution in [3.8, 4) is 11.3 Å². The van der Waals surface area contributed by atoms with Crippen molar-refractivity contribution in [3.63, 3.8) is 0 Å². The van der Waals surface area contributed by atoms with Gasteiger partial charge in [-0.3, -0.25) is 9.78 Å². The molecule has 0 aliphatic heterocycles. The fraction of sp³-hybridized carbons (Fsp3) is 0.0870. The molecular weight excluding hydrogens is 395 g/mol. The van der Waals surface area contributed by atoms with E-state index in [1.54, 1.807) is 36.1 Å². The van der Waals surface area contributed by atoms with Gasteiger partial charge in [-0.05, 0) is 42.3 Å². The molecule has 0 unspecified atom stereocenters. The van der Waals surface area contributed by atoms with Gasteiger partial charge in [0.1, 0.15) is 11.5 Å². The summed E-state index contributed by atoms with van der Waals surface area (Å²) in [6.45, 7) is 1.58. The maximum absolute atomic E-state index is 14.6. The molecule has 5 aromatic rings. The molecule has 5 rings (SSSR count). The molecule has 0 atom stereocenters. The number of rotatable bonds is 4. The van der Waals surface area contributed by atoms with E-state index in [2.05, 4.69) is 26.1 Å². The molecule has 3 aromatic heterocycles. The van der Waals surface area contributed by atoms with Gasteiger partial charge >= 0.3 is 0 Å². The van der Waals surface area contributed by atoms with Crippen LogP contribution in [0.25, 0.3) is 27.9 Å². The molecule has 0 saturated carbocycles. The van der Waals surface area contributed by atoms with Crippen LogP contribution in [-0.2, 0) is 6.42 Å².